The lowest BCUT2D eigenvalue weighted by atomic mass is 10.2. The Morgan fingerprint density at radius 2 is 1.72 bits per heavy atom. The molecule has 0 spiro atoms. The van der Waals surface area contributed by atoms with Gasteiger partial charge in [-0.3, -0.25) is 9.59 Å². The van der Waals surface area contributed by atoms with E-state index in [1.165, 1.54) is 0 Å². The highest BCUT2D eigenvalue weighted by Crippen LogP contribution is 2.17. The SMILES string of the molecule is CCN1CCN(C(=O)C(=O)NC2CCCC2)CC1. The quantitative estimate of drug-likeness (QED) is 0.716. The number of carbonyl (C=O) groups is 2. The minimum Gasteiger partial charge on any atom is -0.345 e. The van der Waals surface area contributed by atoms with Crippen molar-refractivity contribution in [1.82, 2.24) is 15.1 Å². The van der Waals surface area contributed by atoms with E-state index >= 15 is 0 Å². The number of nitrogens with zero attached hydrogens (tertiary/aromatic N) is 2. The molecule has 0 unspecified atom stereocenters. The molecule has 1 saturated heterocycles. The van der Waals surface area contributed by atoms with Crippen LogP contribution in [0.25, 0.3) is 0 Å². The zero-order chi connectivity index (χ0) is 13.0. The third-order valence-corrected chi connectivity index (χ3v) is 3.99. The number of hydrogen-bond acceptors (Lipinski definition) is 3. The van der Waals surface area contributed by atoms with Gasteiger partial charge in [-0.1, -0.05) is 19.8 Å². The standard InChI is InChI=1S/C13H23N3O2/c1-2-15-7-9-16(10-8-15)13(18)12(17)14-11-5-3-4-6-11/h11H,2-10H2,1H3,(H,14,17). The molecule has 0 aromatic carbocycles. The largest absolute Gasteiger partial charge is 0.345 e. The zero-order valence-corrected chi connectivity index (χ0v) is 11.2. The molecular formula is C13H23N3O2. The van der Waals surface area contributed by atoms with E-state index in [0.29, 0.717) is 13.1 Å². The molecule has 1 aliphatic heterocycles. The molecule has 2 fully saturated rings. The van der Waals surface area contributed by atoms with E-state index < -0.39 is 5.91 Å². The molecule has 18 heavy (non-hydrogen) atoms. The molecule has 0 radical (unpaired) electrons. The molecular weight excluding hydrogens is 230 g/mol. The van der Waals surface area contributed by atoms with Crippen LogP contribution in [0.5, 0.6) is 0 Å². The summed E-state index contributed by atoms with van der Waals surface area (Å²) in [6.45, 7) is 6.22. The van der Waals surface area contributed by atoms with Crippen LogP contribution >= 0.6 is 0 Å². The zero-order valence-electron chi connectivity index (χ0n) is 11.2. The average molecular weight is 253 g/mol. The third-order valence-electron chi connectivity index (χ3n) is 3.99. The van der Waals surface area contributed by atoms with Gasteiger partial charge in [-0.2, -0.15) is 0 Å². The van der Waals surface area contributed by atoms with E-state index in [4.69, 9.17) is 0 Å². The van der Waals surface area contributed by atoms with Gasteiger partial charge in [-0.15, -0.1) is 0 Å². The monoisotopic (exact) mass is 253 g/mol. The highest BCUT2D eigenvalue weighted by atomic mass is 16.2. The Balaban J connectivity index is 1.78. The first-order chi connectivity index (χ1) is 8.70. The molecule has 0 aromatic heterocycles. The lowest BCUT2D eigenvalue weighted by molar-refractivity contribution is -0.147. The van der Waals surface area contributed by atoms with Crippen LogP contribution in [-0.4, -0.2) is 60.4 Å². The van der Waals surface area contributed by atoms with Gasteiger partial charge in [0, 0.05) is 32.2 Å². The van der Waals surface area contributed by atoms with Crippen molar-refractivity contribution < 1.29 is 9.59 Å². The molecule has 2 aliphatic rings. The van der Waals surface area contributed by atoms with Gasteiger partial charge in [-0.25, -0.2) is 0 Å². The van der Waals surface area contributed by atoms with E-state index in [-0.39, 0.29) is 11.9 Å². The van der Waals surface area contributed by atoms with Crippen molar-refractivity contribution in [3.63, 3.8) is 0 Å². The molecule has 0 aromatic rings. The van der Waals surface area contributed by atoms with E-state index in [0.717, 1.165) is 45.3 Å². The molecule has 2 amide bonds. The number of amides is 2. The molecule has 1 heterocycles. The number of nitrogens with one attached hydrogen (secondary N) is 1. The molecule has 0 bridgehead atoms. The van der Waals surface area contributed by atoms with Crippen molar-refractivity contribution in [2.75, 3.05) is 32.7 Å². The summed E-state index contributed by atoms with van der Waals surface area (Å²) in [5, 5.41) is 2.86. The molecule has 0 atom stereocenters. The fraction of sp³-hybridized carbons (Fsp3) is 0.846. The second-order valence-corrected chi connectivity index (χ2v) is 5.18. The number of carbonyl (C=O) groups excluding carboxylic acids is 2. The van der Waals surface area contributed by atoms with Gasteiger partial charge in [0.05, 0.1) is 0 Å². The van der Waals surface area contributed by atoms with Gasteiger partial charge >= 0.3 is 11.8 Å². The molecule has 5 nitrogen and oxygen atoms in total. The van der Waals surface area contributed by atoms with Crippen molar-refractivity contribution in [2.24, 2.45) is 0 Å². The second-order valence-electron chi connectivity index (χ2n) is 5.18. The summed E-state index contributed by atoms with van der Waals surface area (Å²) in [5.41, 5.74) is 0. The molecule has 5 heteroatoms. The van der Waals surface area contributed by atoms with Crippen LogP contribution < -0.4 is 5.32 Å². The Kier molecular flexibility index (Phi) is 4.58. The Morgan fingerprint density at radius 3 is 2.28 bits per heavy atom. The fourth-order valence-electron chi connectivity index (χ4n) is 2.73. The minimum absolute atomic E-state index is 0.221. The minimum atomic E-state index is -0.410. The Labute approximate surface area is 108 Å². The van der Waals surface area contributed by atoms with Gasteiger partial charge in [0.25, 0.3) is 0 Å². The maximum Gasteiger partial charge on any atom is 0.311 e. The van der Waals surface area contributed by atoms with Crippen LogP contribution in [0.15, 0.2) is 0 Å². The number of rotatable bonds is 2. The summed E-state index contributed by atoms with van der Waals surface area (Å²) >= 11 is 0. The average Bonchev–Trinajstić information content (AvgIpc) is 2.91. The van der Waals surface area contributed by atoms with Crippen LogP contribution in [0.1, 0.15) is 32.6 Å². The summed E-state index contributed by atoms with van der Waals surface area (Å²) in [6, 6.07) is 0.221. The Morgan fingerprint density at radius 1 is 1.11 bits per heavy atom. The summed E-state index contributed by atoms with van der Waals surface area (Å²) < 4.78 is 0. The van der Waals surface area contributed by atoms with Crippen molar-refractivity contribution in [2.45, 2.75) is 38.6 Å². The third kappa shape index (κ3) is 3.22. The predicted octanol–water partition coefficient (Wildman–Crippen LogP) is 0.209. The summed E-state index contributed by atoms with van der Waals surface area (Å²) in [6.07, 6.45) is 4.36. The Bertz CT molecular complexity index is 305. The summed E-state index contributed by atoms with van der Waals surface area (Å²) in [4.78, 5) is 27.8. The molecule has 1 N–H and O–H groups in total. The van der Waals surface area contributed by atoms with Crippen molar-refractivity contribution in [3.05, 3.63) is 0 Å². The number of hydrogen-bond donors (Lipinski definition) is 1. The van der Waals surface area contributed by atoms with Crippen LogP contribution in [0, 0.1) is 0 Å². The van der Waals surface area contributed by atoms with Crippen molar-refractivity contribution in [3.8, 4) is 0 Å². The second kappa shape index (κ2) is 6.18. The van der Waals surface area contributed by atoms with Crippen LogP contribution in [0.2, 0.25) is 0 Å². The smallest absolute Gasteiger partial charge is 0.311 e. The first-order valence-electron chi connectivity index (χ1n) is 7.03. The maximum absolute atomic E-state index is 12.0. The first-order valence-corrected chi connectivity index (χ1v) is 7.03. The van der Waals surface area contributed by atoms with Crippen molar-refractivity contribution in [1.29, 1.82) is 0 Å². The predicted molar refractivity (Wildman–Crippen MR) is 69.1 cm³/mol. The summed E-state index contributed by atoms with van der Waals surface area (Å²) in [7, 11) is 0. The number of likely N-dealkylation sites (N-methyl/N-ethyl adjacent to an activating group) is 1. The lowest BCUT2D eigenvalue weighted by Gasteiger charge is -2.33. The van der Waals surface area contributed by atoms with Gasteiger partial charge in [0.2, 0.25) is 0 Å². The normalized spacial score (nSPS) is 22.2. The summed E-state index contributed by atoms with van der Waals surface area (Å²) in [5.74, 6) is -0.760. The topological polar surface area (TPSA) is 52.7 Å². The van der Waals surface area contributed by atoms with Crippen molar-refractivity contribution >= 4 is 11.8 Å². The van der Waals surface area contributed by atoms with Gasteiger partial charge < -0.3 is 15.1 Å². The van der Waals surface area contributed by atoms with E-state index in [1.54, 1.807) is 4.90 Å². The van der Waals surface area contributed by atoms with E-state index in [2.05, 4.69) is 17.1 Å². The molecule has 2 rings (SSSR count). The highest BCUT2D eigenvalue weighted by Gasteiger charge is 2.27. The molecule has 1 aliphatic carbocycles. The van der Waals surface area contributed by atoms with Crippen LogP contribution in [-0.2, 0) is 9.59 Å². The molecule has 1 saturated carbocycles. The van der Waals surface area contributed by atoms with Gasteiger partial charge in [-0.05, 0) is 19.4 Å². The number of piperazine rings is 1. The van der Waals surface area contributed by atoms with E-state index in [1.807, 2.05) is 0 Å². The highest BCUT2D eigenvalue weighted by molar-refractivity contribution is 6.35. The Hall–Kier alpha value is -1.10. The van der Waals surface area contributed by atoms with Crippen LogP contribution in [0.4, 0.5) is 0 Å². The van der Waals surface area contributed by atoms with Gasteiger partial charge in [0.15, 0.2) is 0 Å². The van der Waals surface area contributed by atoms with Gasteiger partial charge in [0.1, 0.15) is 0 Å². The first kappa shape index (κ1) is 13.3. The maximum atomic E-state index is 12.0. The lowest BCUT2D eigenvalue weighted by Crippen LogP contribution is -2.53. The van der Waals surface area contributed by atoms with E-state index in [9.17, 15) is 9.59 Å². The fourth-order valence-corrected chi connectivity index (χ4v) is 2.73. The van der Waals surface area contributed by atoms with Crippen LogP contribution in [0.3, 0.4) is 0 Å². The molecule has 102 valence electrons.